The summed E-state index contributed by atoms with van der Waals surface area (Å²) in [6.07, 6.45) is 6.51. The number of nitrogens with zero attached hydrogens (tertiary/aromatic N) is 2. The molecule has 2 fully saturated rings. The molecular weight excluding hydrogens is 476 g/mol. The molecule has 2 amide bonds. The van der Waals surface area contributed by atoms with Crippen LogP contribution in [0.25, 0.3) is 0 Å². The first-order valence-corrected chi connectivity index (χ1v) is 11.1. The van der Waals surface area contributed by atoms with Gasteiger partial charge in [0.25, 0.3) is 11.8 Å². The molecule has 2 aliphatic carbocycles. The number of carbonyl (C=O) groups excluding carboxylic acids is 2. The average molecular weight is 495 g/mol. The Morgan fingerprint density at radius 3 is 2.34 bits per heavy atom. The van der Waals surface area contributed by atoms with Gasteiger partial charge in [-0.15, -0.1) is 0 Å². The summed E-state index contributed by atoms with van der Waals surface area (Å²) in [7, 11) is 0. The number of aromatic carboxylic acids is 1. The van der Waals surface area contributed by atoms with Gasteiger partial charge in [-0.3, -0.25) is 9.59 Å². The summed E-state index contributed by atoms with van der Waals surface area (Å²) in [4.78, 5) is 36.3. The van der Waals surface area contributed by atoms with Crippen LogP contribution in [0.5, 0.6) is 5.75 Å². The first-order chi connectivity index (χ1) is 15.4. The third kappa shape index (κ3) is 3.54. The number of imide groups is 1. The average Bonchev–Trinajstić information content (AvgIpc) is 3.46. The molecule has 2 aromatic carbocycles. The Hall–Kier alpha value is -3.26. The van der Waals surface area contributed by atoms with Gasteiger partial charge >= 0.3 is 5.97 Å². The van der Waals surface area contributed by atoms with Gasteiger partial charge in [-0.1, -0.05) is 24.3 Å². The molecule has 162 valence electrons. The van der Waals surface area contributed by atoms with Crippen LogP contribution in [-0.2, 0) is 16.2 Å². The number of hydrogen-bond donors (Lipinski definition) is 1. The third-order valence-electron chi connectivity index (χ3n) is 6.32. The maximum absolute atomic E-state index is 12.7. The normalized spacial score (nSPS) is 25.7. The zero-order valence-electron chi connectivity index (χ0n) is 16.8. The molecule has 0 radical (unpaired) electrons. The van der Waals surface area contributed by atoms with Gasteiger partial charge in [0.05, 0.1) is 28.1 Å². The van der Waals surface area contributed by atoms with Gasteiger partial charge < -0.3 is 9.84 Å². The fourth-order valence-electron chi connectivity index (χ4n) is 4.74. The van der Waals surface area contributed by atoms with E-state index in [1.807, 2.05) is 0 Å². The van der Waals surface area contributed by atoms with Crippen LogP contribution in [0.4, 0.5) is 0 Å². The van der Waals surface area contributed by atoms with Crippen LogP contribution in [0.1, 0.15) is 27.9 Å². The van der Waals surface area contributed by atoms with Crippen molar-refractivity contribution in [3.63, 3.8) is 0 Å². The minimum absolute atomic E-state index is 0.160. The van der Waals surface area contributed by atoms with Crippen molar-refractivity contribution in [2.24, 2.45) is 28.8 Å². The van der Waals surface area contributed by atoms with E-state index in [0.29, 0.717) is 15.8 Å². The molecular formula is C24H19BrN2O5. The monoisotopic (exact) mass is 494 g/mol. The summed E-state index contributed by atoms with van der Waals surface area (Å²) in [5, 5.41) is 14.2. The summed E-state index contributed by atoms with van der Waals surface area (Å²) >= 11 is 3.47. The molecule has 0 aromatic heterocycles. The molecule has 32 heavy (non-hydrogen) atoms. The van der Waals surface area contributed by atoms with Crippen LogP contribution in [0.3, 0.4) is 0 Å². The topological polar surface area (TPSA) is 96.3 Å². The van der Waals surface area contributed by atoms with Crippen LogP contribution in [0.15, 0.2) is 64.2 Å². The molecule has 1 N–H and O–H groups in total. The van der Waals surface area contributed by atoms with Gasteiger partial charge in [0, 0.05) is 0 Å². The van der Waals surface area contributed by atoms with E-state index in [4.69, 9.17) is 9.84 Å². The lowest BCUT2D eigenvalue weighted by molar-refractivity contribution is -0.140. The largest absolute Gasteiger partial charge is 0.488 e. The Morgan fingerprint density at radius 2 is 1.75 bits per heavy atom. The van der Waals surface area contributed by atoms with Crippen LogP contribution in [-0.4, -0.2) is 34.1 Å². The number of halogens is 1. The SMILES string of the molecule is O=C(O)c1ccc(COc2ccc(C=NN3C(=O)C4C5C=CC(C5)C4C3=O)cc2Br)cc1. The van der Waals surface area contributed by atoms with E-state index >= 15 is 0 Å². The zero-order valence-corrected chi connectivity index (χ0v) is 18.4. The van der Waals surface area contributed by atoms with E-state index in [-0.39, 0.29) is 47.7 Å². The Balaban J connectivity index is 1.24. The molecule has 3 aliphatic rings. The van der Waals surface area contributed by atoms with E-state index in [1.54, 1.807) is 30.3 Å². The predicted molar refractivity (Wildman–Crippen MR) is 119 cm³/mol. The predicted octanol–water partition coefficient (Wildman–Crippen LogP) is 3.87. The highest BCUT2D eigenvalue weighted by atomic mass is 79.9. The molecule has 1 saturated carbocycles. The fraction of sp³-hybridized carbons (Fsp3) is 0.250. The summed E-state index contributed by atoms with van der Waals surface area (Å²) in [5.74, 6) is -0.984. The number of hydrogen-bond acceptors (Lipinski definition) is 5. The highest BCUT2D eigenvalue weighted by Gasteiger charge is 2.59. The molecule has 4 unspecified atom stereocenters. The van der Waals surface area contributed by atoms with Crippen molar-refractivity contribution in [3.8, 4) is 5.75 Å². The third-order valence-corrected chi connectivity index (χ3v) is 6.94. The molecule has 0 spiro atoms. The fourth-order valence-corrected chi connectivity index (χ4v) is 5.25. The summed E-state index contributed by atoms with van der Waals surface area (Å²) in [6.45, 7) is 0.280. The first kappa shape index (κ1) is 20.6. The summed E-state index contributed by atoms with van der Waals surface area (Å²) in [6, 6.07) is 11.8. The van der Waals surface area contributed by atoms with Crippen LogP contribution in [0, 0.1) is 23.7 Å². The highest BCUT2D eigenvalue weighted by Crippen LogP contribution is 2.52. The number of carbonyl (C=O) groups is 3. The second-order valence-corrected chi connectivity index (χ2v) is 9.07. The molecule has 2 aromatic rings. The maximum atomic E-state index is 12.7. The molecule has 5 rings (SSSR count). The molecule has 1 heterocycles. The number of amides is 2. The van der Waals surface area contributed by atoms with Crippen molar-refractivity contribution in [2.45, 2.75) is 13.0 Å². The van der Waals surface area contributed by atoms with Crippen molar-refractivity contribution in [1.82, 2.24) is 5.01 Å². The minimum Gasteiger partial charge on any atom is -0.488 e. The standard InChI is InChI=1S/C24H19BrN2O5/c25-18-9-14(3-8-19(18)32-12-13-1-4-15(5-2-13)24(30)31)11-26-27-22(28)20-16-6-7-17(10-16)21(20)23(27)29/h1-9,11,16-17,20-21H,10,12H2,(H,30,31). The smallest absolute Gasteiger partial charge is 0.335 e. The number of ether oxygens (including phenoxy) is 1. The number of benzene rings is 2. The number of carboxylic acids is 1. The lowest BCUT2D eigenvalue weighted by Crippen LogP contribution is -2.28. The Morgan fingerprint density at radius 1 is 1.09 bits per heavy atom. The van der Waals surface area contributed by atoms with Crippen LogP contribution < -0.4 is 4.74 Å². The van der Waals surface area contributed by atoms with Crippen LogP contribution in [0.2, 0.25) is 0 Å². The van der Waals surface area contributed by atoms with E-state index in [1.165, 1.54) is 18.3 Å². The molecule has 7 nitrogen and oxygen atoms in total. The lowest BCUT2D eigenvalue weighted by Gasteiger charge is -2.13. The molecule has 2 bridgehead atoms. The Bertz CT molecular complexity index is 1140. The van der Waals surface area contributed by atoms with Crippen molar-refractivity contribution in [1.29, 1.82) is 0 Å². The van der Waals surface area contributed by atoms with Gasteiger partial charge in [-0.2, -0.15) is 10.1 Å². The minimum atomic E-state index is -0.970. The van der Waals surface area contributed by atoms with Gasteiger partial charge in [0.15, 0.2) is 0 Å². The number of fused-ring (bicyclic) bond motifs is 5. The molecule has 8 heteroatoms. The van der Waals surface area contributed by atoms with E-state index in [9.17, 15) is 14.4 Å². The van der Waals surface area contributed by atoms with Crippen molar-refractivity contribution < 1.29 is 24.2 Å². The number of rotatable bonds is 6. The maximum Gasteiger partial charge on any atom is 0.335 e. The van der Waals surface area contributed by atoms with Crippen LogP contribution >= 0.6 is 15.9 Å². The van der Waals surface area contributed by atoms with Crippen molar-refractivity contribution in [2.75, 3.05) is 0 Å². The van der Waals surface area contributed by atoms with Gasteiger partial charge in [0.1, 0.15) is 12.4 Å². The number of allylic oxidation sites excluding steroid dienone is 2. The Labute approximate surface area is 192 Å². The lowest BCUT2D eigenvalue weighted by atomic mass is 9.85. The van der Waals surface area contributed by atoms with Crippen molar-refractivity contribution >= 4 is 39.9 Å². The summed E-state index contributed by atoms with van der Waals surface area (Å²) in [5.41, 5.74) is 1.78. The van der Waals surface area contributed by atoms with Crippen molar-refractivity contribution in [3.05, 3.63) is 75.8 Å². The van der Waals surface area contributed by atoms with Gasteiger partial charge in [-0.05, 0) is 75.6 Å². The van der Waals surface area contributed by atoms with Gasteiger partial charge in [0.2, 0.25) is 0 Å². The quantitative estimate of drug-likeness (QED) is 0.373. The van der Waals surface area contributed by atoms with E-state index in [2.05, 4.69) is 33.2 Å². The number of hydrazone groups is 1. The molecule has 4 atom stereocenters. The zero-order chi connectivity index (χ0) is 22.4. The Kier molecular flexibility index (Phi) is 5.17. The molecule has 1 aliphatic heterocycles. The van der Waals surface area contributed by atoms with E-state index in [0.717, 1.165) is 17.0 Å². The number of carboxylic acid groups (broad SMARTS) is 1. The van der Waals surface area contributed by atoms with Gasteiger partial charge in [-0.25, -0.2) is 4.79 Å². The summed E-state index contributed by atoms with van der Waals surface area (Å²) < 4.78 is 6.50. The second kappa shape index (κ2) is 8.02. The first-order valence-electron chi connectivity index (χ1n) is 10.3. The highest BCUT2D eigenvalue weighted by molar-refractivity contribution is 9.10. The molecule has 1 saturated heterocycles. The second-order valence-electron chi connectivity index (χ2n) is 8.21. The van der Waals surface area contributed by atoms with E-state index < -0.39 is 5.97 Å².